The predicted octanol–water partition coefficient (Wildman–Crippen LogP) is 3.64. The molecule has 0 aliphatic carbocycles. The van der Waals surface area contributed by atoms with E-state index in [-0.39, 0.29) is 11.7 Å². The number of nitrogens with one attached hydrogen (secondary N) is 1. The second kappa shape index (κ2) is 8.91. The van der Waals surface area contributed by atoms with Gasteiger partial charge >= 0.3 is 5.69 Å². The monoisotopic (exact) mass is 415 g/mol. The van der Waals surface area contributed by atoms with Gasteiger partial charge in [0, 0.05) is 12.0 Å². The standard InChI is InChI=1S/C23H25N7O/c1-4-5-9-21-26-30(16(2)3)23(31)29(21)15-17-10-12-18(13-11-17)19-7-6-8-20(14-19)22-24-27-28-25-22/h4-8,10-14,16H,9,15H2,1-3H3,(H,24,25,27,28). The summed E-state index contributed by atoms with van der Waals surface area (Å²) in [5, 5.41) is 18.6. The molecule has 158 valence electrons. The third-order valence-corrected chi connectivity index (χ3v) is 5.10. The molecule has 0 saturated heterocycles. The summed E-state index contributed by atoms with van der Waals surface area (Å²) in [4.78, 5) is 12.9. The molecule has 0 saturated carbocycles. The highest BCUT2D eigenvalue weighted by Crippen LogP contribution is 2.24. The molecule has 0 amide bonds. The first-order valence-electron chi connectivity index (χ1n) is 10.3. The summed E-state index contributed by atoms with van der Waals surface area (Å²) in [5.74, 6) is 1.41. The second-order valence-corrected chi connectivity index (χ2v) is 7.62. The van der Waals surface area contributed by atoms with Crippen molar-refractivity contribution in [2.75, 3.05) is 0 Å². The highest BCUT2D eigenvalue weighted by molar-refractivity contribution is 5.70. The van der Waals surface area contributed by atoms with Crippen molar-refractivity contribution in [2.24, 2.45) is 0 Å². The van der Waals surface area contributed by atoms with Gasteiger partial charge in [0.2, 0.25) is 0 Å². The maximum absolute atomic E-state index is 12.9. The van der Waals surface area contributed by atoms with E-state index >= 15 is 0 Å². The average molecular weight is 416 g/mol. The molecule has 0 spiro atoms. The molecule has 0 bridgehead atoms. The van der Waals surface area contributed by atoms with Gasteiger partial charge in [-0.25, -0.2) is 14.6 Å². The van der Waals surface area contributed by atoms with Gasteiger partial charge in [-0.1, -0.05) is 54.6 Å². The van der Waals surface area contributed by atoms with E-state index in [4.69, 9.17) is 0 Å². The first kappa shape index (κ1) is 20.5. The highest BCUT2D eigenvalue weighted by atomic mass is 16.2. The van der Waals surface area contributed by atoms with Crippen molar-refractivity contribution >= 4 is 0 Å². The SMILES string of the molecule is CC=CCc1nn(C(C)C)c(=O)n1Cc1ccc(-c2cccc(-c3nnn[nH]3)c2)cc1. The number of tetrazole rings is 1. The Balaban J connectivity index is 1.60. The van der Waals surface area contributed by atoms with Gasteiger partial charge in [0.1, 0.15) is 5.82 Å². The van der Waals surface area contributed by atoms with E-state index < -0.39 is 0 Å². The van der Waals surface area contributed by atoms with E-state index in [1.807, 2.05) is 51.1 Å². The summed E-state index contributed by atoms with van der Waals surface area (Å²) in [6.45, 7) is 6.39. The molecule has 0 radical (unpaired) electrons. The quantitative estimate of drug-likeness (QED) is 0.465. The third kappa shape index (κ3) is 4.37. The molecule has 1 N–H and O–H groups in total. The van der Waals surface area contributed by atoms with Crippen LogP contribution in [-0.2, 0) is 13.0 Å². The van der Waals surface area contributed by atoms with Gasteiger partial charge in [0.15, 0.2) is 5.82 Å². The average Bonchev–Trinajstić information content (AvgIpc) is 3.42. The van der Waals surface area contributed by atoms with Gasteiger partial charge in [-0.05, 0) is 54.0 Å². The normalized spacial score (nSPS) is 11.6. The van der Waals surface area contributed by atoms with Crippen molar-refractivity contribution < 1.29 is 0 Å². The van der Waals surface area contributed by atoms with Crippen molar-refractivity contribution in [1.82, 2.24) is 35.0 Å². The molecule has 0 fully saturated rings. The molecule has 0 unspecified atom stereocenters. The lowest BCUT2D eigenvalue weighted by molar-refractivity contribution is 0.505. The zero-order chi connectivity index (χ0) is 21.8. The van der Waals surface area contributed by atoms with Crippen LogP contribution in [0.1, 0.15) is 38.2 Å². The lowest BCUT2D eigenvalue weighted by Gasteiger charge is -2.08. The number of H-pyrrole nitrogens is 1. The van der Waals surface area contributed by atoms with Crippen LogP contribution in [0.2, 0.25) is 0 Å². The van der Waals surface area contributed by atoms with Crippen LogP contribution >= 0.6 is 0 Å². The molecule has 0 aliphatic rings. The van der Waals surface area contributed by atoms with E-state index in [2.05, 4.69) is 56.1 Å². The van der Waals surface area contributed by atoms with E-state index in [0.29, 0.717) is 18.8 Å². The molecular formula is C23H25N7O. The molecule has 4 rings (SSSR count). The van der Waals surface area contributed by atoms with Crippen LogP contribution < -0.4 is 5.69 Å². The molecule has 31 heavy (non-hydrogen) atoms. The molecule has 8 heteroatoms. The zero-order valence-corrected chi connectivity index (χ0v) is 17.9. The fraction of sp³-hybridized carbons (Fsp3) is 0.261. The Morgan fingerprint density at radius 2 is 1.84 bits per heavy atom. The number of aromatic nitrogens is 7. The molecule has 2 aromatic carbocycles. The smallest absolute Gasteiger partial charge is 0.274 e. The number of nitrogens with zero attached hydrogens (tertiary/aromatic N) is 6. The van der Waals surface area contributed by atoms with Crippen LogP contribution in [0.5, 0.6) is 0 Å². The highest BCUT2D eigenvalue weighted by Gasteiger charge is 2.15. The number of allylic oxidation sites excluding steroid dienone is 2. The summed E-state index contributed by atoms with van der Waals surface area (Å²) in [6, 6.07) is 16.3. The van der Waals surface area contributed by atoms with Crippen LogP contribution in [0.15, 0.2) is 65.5 Å². The fourth-order valence-electron chi connectivity index (χ4n) is 3.44. The maximum Gasteiger partial charge on any atom is 0.346 e. The first-order chi connectivity index (χ1) is 15.1. The Kier molecular flexibility index (Phi) is 5.88. The summed E-state index contributed by atoms with van der Waals surface area (Å²) in [5.41, 5.74) is 4.04. The molecule has 8 nitrogen and oxygen atoms in total. The van der Waals surface area contributed by atoms with Gasteiger partial charge < -0.3 is 0 Å². The van der Waals surface area contributed by atoms with Crippen molar-refractivity contribution in [3.63, 3.8) is 0 Å². The van der Waals surface area contributed by atoms with Gasteiger partial charge in [-0.2, -0.15) is 5.10 Å². The second-order valence-electron chi connectivity index (χ2n) is 7.62. The van der Waals surface area contributed by atoms with Crippen molar-refractivity contribution in [3.05, 3.63) is 82.6 Å². The number of hydrogen-bond acceptors (Lipinski definition) is 5. The van der Waals surface area contributed by atoms with Crippen LogP contribution in [0, 0.1) is 0 Å². The number of aromatic amines is 1. The fourth-order valence-corrected chi connectivity index (χ4v) is 3.44. The van der Waals surface area contributed by atoms with Crippen molar-refractivity contribution in [1.29, 1.82) is 0 Å². The van der Waals surface area contributed by atoms with Gasteiger partial charge in [0.05, 0.1) is 12.6 Å². The van der Waals surface area contributed by atoms with Crippen molar-refractivity contribution in [2.45, 2.75) is 39.8 Å². The van der Waals surface area contributed by atoms with Crippen LogP contribution in [0.4, 0.5) is 0 Å². The first-order valence-corrected chi connectivity index (χ1v) is 10.3. The summed E-state index contributed by atoms with van der Waals surface area (Å²) in [7, 11) is 0. The minimum atomic E-state index is -0.0769. The summed E-state index contributed by atoms with van der Waals surface area (Å²) in [6.07, 6.45) is 4.62. The molecule has 4 aromatic rings. The predicted molar refractivity (Wildman–Crippen MR) is 120 cm³/mol. The van der Waals surface area contributed by atoms with Gasteiger partial charge in [-0.3, -0.25) is 4.57 Å². The number of benzene rings is 2. The largest absolute Gasteiger partial charge is 0.346 e. The van der Waals surface area contributed by atoms with E-state index in [1.54, 1.807) is 9.25 Å². The molecule has 0 aliphatic heterocycles. The third-order valence-electron chi connectivity index (χ3n) is 5.10. The maximum atomic E-state index is 12.9. The summed E-state index contributed by atoms with van der Waals surface area (Å²) < 4.78 is 3.31. The van der Waals surface area contributed by atoms with E-state index in [1.165, 1.54) is 0 Å². The van der Waals surface area contributed by atoms with Crippen LogP contribution in [0.25, 0.3) is 22.5 Å². The minimum Gasteiger partial charge on any atom is -0.274 e. The molecular weight excluding hydrogens is 390 g/mol. The van der Waals surface area contributed by atoms with E-state index in [0.717, 1.165) is 28.1 Å². The number of hydrogen-bond donors (Lipinski definition) is 1. The number of rotatable bonds is 7. The summed E-state index contributed by atoms with van der Waals surface area (Å²) >= 11 is 0. The molecule has 0 atom stereocenters. The zero-order valence-electron chi connectivity index (χ0n) is 17.9. The Morgan fingerprint density at radius 3 is 2.52 bits per heavy atom. The van der Waals surface area contributed by atoms with Gasteiger partial charge in [0.25, 0.3) is 0 Å². The van der Waals surface area contributed by atoms with Crippen molar-refractivity contribution in [3.8, 4) is 22.5 Å². The Labute approximate surface area is 180 Å². The van der Waals surface area contributed by atoms with Crippen LogP contribution in [-0.4, -0.2) is 35.0 Å². The minimum absolute atomic E-state index is 0.0207. The lowest BCUT2D eigenvalue weighted by atomic mass is 10.0. The Morgan fingerprint density at radius 1 is 1.06 bits per heavy atom. The molecule has 2 aromatic heterocycles. The Bertz CT molecular complexity index is 1230. The molecule has 2 heterocycles. The lowest BCUT2D eigenvalue weighted by Crippen LogP contribution is -2.27. The van der Waals surface area contributed by atoms with Gasteiger partial charge in [-0.15, -0.1) is 5.10 Å². The van der Waals surface area contributed by atoms with E-state index in [9.17, 15) is 4.79 Å². The van der Waals surface area contributed by atoms with Crippen LogP contribution in [0.3, 0.4) is 0 Å². The topological polar surface area (TPSA) is 94.3 Å². The Hall–Kier alpha value is -3.81.